The SMILES string of the molecule is CN=C(NCc1csc(CCc2ccccc2)n1)NCC(C)(C)SC. The van der Waals surface area contributed by atoms with Gasteiger partial charge in [0, 0.05) is 30.1 Å². The highest BCUT2D eigenvalue weighted by Gasteiger charge is 2.16. The van der Waals surface area contributed by atoms with Gasteiger partial charge in [0.05, 0.1) is 17.2 Å². The molecule has 0 saturated carbocycles. The van der Waals surface area contributed by atoms with Crippen molar-refractivity contribution in [3.8, 4) is 0 Å². The molecule has 2 rings (SSSR count). The molecule has 0 aliphatic carbocycles. The van der Waals surface area contributed by atoms with Crippen LogP contribution < -0.4 is 10.6 Å². The van der Waals surface area contributed by atoms with Crippen molar-refractivity contribution in [1.82, 2.24) is 15.6 Å². The molecule has 136 valence electrons. The monoisotopic (exact) mass is 376 g/mol. The lowest BCUT2D eigenvalue weighted by molar-refractivity contribution is 0.663. The summed E-state index contributed by atoms with van der Waals surface area (Å²) in [6.45, 7) is 6.00. The summed E-state index contributed by atoms with van der Waals surface area (Å²) < 4.78 is 0.183. The summed E-state index contributed by atoms with van der Waals surface area (Å²) in [6.07, 6.45) is 4.15. The predicted molar refractivity (Wildman–Crippen MR) is 112 cm³/mol. The highest BCUT2D eigenvalue weighted by molar-refractivity contribution is 7.99. The number of hydrogen-bond acceptors (Lipinski definition) is 4. The summed E-state index contributed by atoms with van der Waals surface area (Å²) >= 11 is 3.58. The highest BCUT2D eigenvalue weighted by Crippen LogP contribution is 2.19. The lowest BCUT2D eigenvalue weighted by atomic mass is 10.1. The Morgan fingerprint density at radius 1 is 1.20 bits per heavy atom. The number of thioether (sulfide) groups is 1. The zero-order valence-electron chi connectivity index (χ0n) is 15.5. The Morgan fingerprint density at radius 2 is 1.96 bits per heavy atom. The fraction of sp³-hybridized carbons (Fsp3) is 0.474. The van der Waals surface area contributed by atoms with Crippen LogP contribution in [0, 0.1) is 0 Å². The standard InChI is InChI=1S/C19H28N4S2/c1-19(2,24-4)14-22-18(20-3)21-12-16-13-25-17(23-16)11-10-15-8-6-5-7-9-15/h5-9,13H,10-12,14H2,1-4H3,(H2,20,21,22). The number of hydrogen-bond donors (Lipinski definition) is 2. The van der Waals surface area contributed by atoms with Crippen molar-refractivity contribution in [1.29, 1.82) is 0 Å². The molecule has 0 fully saturated rings. The molecule has 0 amide bonds. The van der Waals surface area contributed by atoms with Gasteiger partial charge in [-0.15, -0.1) is 11.3 Å². The number of aryl methyl sites for hydroxylation is 2. The Morgan fingerprint density at radius 3 is 2.64 bits per heavy atom. The minimum atomic E-state index is 0.183. The van der Waals surface area contributed by atoms with Crippen LogP contribution in [0.3, 0.4) is 0 Å². The number of guanidine groups is 1. The molecular weight excluding hydrogens is 348 g/mol. The van der Waals surface area contributed by atoms with Crippen molar-refractivity contribution in [3.05, 3.63) is 52.0 Å². The fourth-order valence-corrected chi connectivity index (χ4v) is 3.22. The summed E-state index contributed by atoms with van der Waals surface area (Å²) in [5.74, 6) is 0.820. The smallest absolute Gasteiger partial charge is 0.191 e. The van der Waals surface area contributed by atoms with Crippen LogP contribution in [-0.4, -0.2) is 35.5 Å². The van der Waals surface area contributed by atoms with E-state index in [4.69, 9.17) is 4.98 Å². The first-order chi connectivity index (χ1) is 12.0. The highest BCUT2D eigenvalue weighted by atomic mass is 32.2. The van der Waals surface area contributed by atoms with E-state index in [2.05, 4.69) is 71.4 Å². The molecule has 0 radical (unpaired) electrons. The van der Waals surface area contributed by atoms with Gasteiger partial charge in [-0.1, -0.05) is 30.3 Å². The average Bonchev–Trinajstić information content (AvgIpc) is 3.09. The van der Waals surface area contributed by atoms with Gasteiger partial charge in [0.15, 0.2) is 5.96 Å². The quantitative estimate of drug-likeness (QED) is 0.544. The molecular formula is C19H28N4S2. The number of rotatable bonds is 8. The number of aliphatic imine (C=N–C) groups is 1. The van der Waals surface area contributed by atoms with Gasteiger partial charge in [-0.3, -0.25) is 4.99 Å². The molecule has 0 atom stereocenters. The van der Waals surface area contributed by atoms with Crippen LogP contribution in [0.1, 0.15) is 30.1 Å². The van der Waals surface area contributed by atoms with E-state index in [0.717, 1.165) is 31.0 Å². The molecule has 0 bridgehead atoms. The largest absolute Gasteiger partial charge is 0.355 e. The van der Waals surface area contributed by atoms with E-state index >= 15 is 0 Å². The topological polar surface area (TPSA) is 49.3 Å². The maximum atomic E-state index is 4.73. The van der Waals surface area contributed by atoms with Crippen LogP contribution in [0.25, 0.3) is 0 Å². The Hall–Kier alpha value is -1.53. The third kappa shape index (κ3) is 7.08. The average molecular weight is 377 g/mol. The van der Waals surface area contributed by atoms with Crippen LogP contribution in [0.5, 0.6) is 0 Å². The maximum absolute atomic E-state index is 4.73. The zero-order chi connectivity index (χ0) is 18.1. The van der Waals surface area contributed by atoms with Gasteiger partial charge in [0.25, 0.3) is 0 Å². The van der Waals surface area contributed by atoms with Crippen LogP contribution in [0.4, 0.5) is 0 Å². The lowest BCUT2D eigenvalue weighted by Crippen LogP contribution is -2.43. The van der Waals surface area contributed by atoms with E-state index in [1.165, 1.54) is 10.6 Å². The molecule has 1 aromatic carbocycles. The molecule has 2 aromatic rings. The first-order valence-electron chi connectivity index (χ1n) is 8.49. The van der Waals surface area contributed by atoms with Crippen LogP contribution >= 0.6 is 23.1 Å². The number of nitrogens with one attached hydrogen (secondary N) is 2. The van der Waals surface area contributed by atoms with Crippen molar-refractivity contribution < 1.29 is 0 Å². The van der Waals surface area contributed by atoms with Crippen molar-refractivity contribution in [2.75, 3.05) is 19.8 Å². The Bertz CT molecular complexity index is 665. The second kappa shape index (κ2) is 9.82. The van der Waals surface area contributed by atoms with Gasteiger partial charge < -0.3 is 10.6 Å². The summed E-state index contributed by atoms with van der Waals surface area (Å²) in [7, 11) is 1.80. The van der Waals surface area contributed by atoms with E-state index < -0.39 is 0 Å². The Kier molecular flexibility index (Phi) is 7.78. The lowest BCUT2D eigenvalue weighted by Gasteiger charge is -2.23. The summed E-state index contributed by atoms with van der Waals surface area (Å²) in [5.41, 5.74) is 2.43. The van der Waals surface area contributed by atoms with Crippen molar-refractivity contribution >= 4 is 29.1 Å². The molecule has 0 saturated heterocycles. The minimum absolute atomic E-state index is 0.183. The molecule has 0 aliphatic heterocycles. The number of nitrogens with zero attached hydrogens (tertiary/aromatic N) is 2. The van der Waals surface area contributed by atoms with Crippen LogP contribution in [0.15, 0.2) is 40.7 Å². The van der Waals surface area contributed by atoms with Gasteiger partial charge in [0.2, 0.25) is 0 Å². The van der Waals surface area contributed by atoms with Gasteiger partial charge in [-0.05, 0) is 32.1 Å². The molecule has 0 unspecified atom stereocenters. The molecule has 1 heterocycles. The second-order valence-corrected chi connectivity index (χ2v) is 8.92. The van der Waals surface area contributed by atoms with E-state index in [0.29, 0.717) is 6.54 Å². The molecule has 0 aliphatic rings. The van der Waals surface area contributed by atoms with E-state index in [1.54, 1.807) is 18.4 Å². The first kappa shape index (κ1) is 19.8. The number of benzene rings is 1. The molecule has 2 N–H and O–H groups in total. The summed E-state index contributed by atoms with van der Waals surface area (Å²) in [4.78, 5) is 9.01. The van der Waals surface area contributed by atoms with Gasteiger partial charge in [-0.25, -0.2) is 4.98 Å². The third-order valence-electron chi connectivity index (χ3n) is 3.96. The van der Waals surface area contributed by atoms with Gasteiger partial charge in [0.1, 0.15) is 0 Å². The summed E-state index contributed by atoms with van der Waals surface area (Å²) in [6, 6.07) is 10.6. The Balaban J connectivity index is 1.78. The number of aromatic nitrogens is 1. The van der Waals surface area contributed by atoms with Gasteiger partial charge in [-0.2, -0.15) is 11.8 Å². The van der Waals surface area contributed by atoms with Crippen molar-refractivity contribution in [2.45, 2.75) is 38.0 Å². The van der Waals surface area contributed by atoms with Crippen molar-refractivity contribution in [2.24, 2.45) is 4.99 Å². The first-order valence-corrected chi connectivity index (χ1v) is 10.6. The Labute approximate surface area is 159 Å². The normalized spacial score (nSPS) is 12.2. The predicted octanol–water partition coefficient (Wildman–Crippen LogP) is 3.73. The molecule has 6 heteroatoms. The fourth-order valence-electron chi connectivity index (χ4n) is 2.20. The van der Waals surface area contributed by atoms with Gasteiger partial charge >= 0.3 is 0 Å². The molecule has 4 nitrogen and oxygen atoms in total. The number of thiazole rings is 1. The van der Waals surface area contributed by atoms with Crippen molar-refractivity contribution in [3.63, 3.8) is 0 Å². The third-order valence-corrected chi connectivity index (χ3v) is 6.17. The maximum Gasteiger partial charge on any atom is 0.191 e. The minimum Gasteiger partial charge on any atom is -0.355 e. The molecule has 1 aromatic heterocycles. The van der Waals surface area contributed by atoms with Crippen LogP contribution in [0.2, 0.25) is 0 Å². The molecule has 25 heavy (non-hydrogen) atoms. The summed E-state index contributed by atoms with van der Waals surface area (Å²) in [5, 5.41) is 10.0. The van der Waals surface area contributed by atoms with E-state index in [9.17, 15) is 0 Å². The molecule has 0 spiro atoms. The van der Waals surface area contributed by atoms with Crippen LogP contribution in [-0.2, 0) is 19.4 Å². The van der Waals surface area contributed by atoms with E-state index in [1.807, 2.05) is 11.8 Å². The van der Waals surface area contributed by atoms with E-state index in [-0.39, 0.29) is 4.75 Å². The zero-order valence-corrected chi connectivity index (χ0v) is 17.1. The second-order valence-electron chi connectivity index (χ2n) is 6.46.